The molecule has 0 spiro atoms. The molecule has 0 aliphatic carbocycles. The van der Waals surface area contributed by atoms with Gasteiger partial charge in [0.15, 0.2) is 11.6 Å². The summed E-state index contributed by atoms with van der Waals surface area (Å²) in [5, 5.41) is 0. The van der Waals surface area contributed by atoms with Crippen molar-refractivity contribution in [3.05, 3.63) is 29.6 Å². The molecule has 0 atom stereocenters. The van der Waals surface area contributed by atoms with E-state index in [1.54, 1.807) is 6.07 Å². The standard InChI is InChI=1S/C17H25FN2O3/c1-3-10-23-13-17(21)20-8-6-19(7-9-20)12-14-4-5-16(22-2)15(18)11-14/h4-5,11H,3,6-10,12-13H2,1-2H3. The molecular formula is C17H25FN2O3. The van der Waals surface area contributed by atoms with E-state index < -0.39 is 0 Å². The highest BCUT2D eigenvalue weighted by Gasteiger charge is 2.21. The summed E-state index contributed by atoms with van der Waals surface area (Å²) in [6, 6.07) is 5.03. The average molecular weight is 324 g/mol. The Balaban J connectivity index is 1.78. The van der Waals surface area contributed by atoms with Crippen LogP contribution >= 0.6 is 0 Å². The molecule has 0 unspecified atom stereocenters. The van der Waals surface area contributed by atoms with Crippen LogP contribution in [0.25, 0.3) is 0 Å². The fraction of sp³-hybridized carbons (Fsp3) is 0.588. The van der Waals surface area contributed by atoms with Crippen LogP contribution in [0.5, 0.6) is 5.75 Å². The molecule has 0 radical (unpaired) electrons. The maximum absolute atomic E-state index is 13.7. The van der Waals surface area contributed by atoms with Crippen molar-refractivity contribution < 1.29 is 18.7 Å². The number of piperazine rings is 1. The molecule has 5 nitrogen and oxygen atoms in total. The molecule has 2 rings (SSSR count). The van der Waals surface area contributed by atoms with Crippen LogP contribution in [0, 0.1) is 5.82 Å². The van der Waals surface area contributed by atoms with Crippen molar-refractivity contribution in [2.75, 3.05) is 46.5 Å². The zero-order valence-electron chi connectivity index (χ0n) is 13.9. The smallest absolute Gasteiger partial charge is 0.248 e. The summed E-state index contributed by atoms with van der Waals surface area (Å²) in [4.78, 5) is 16.0. The SMILES string of the molecule is CCCOCC(=O)N1CCN(Cc2ccc(OC)c(F)c2)CC1. The van der Waals surface area contributed by atoms with E-state index >= 15 is 0 Å². The lowest BCUT2D eigenvalue weighted by Crippen LogP contribution is -2.49. The highest BCUT2D eigenvalue weighted by Crippen LogP contribution is 2.19. The van der Waals surface area contributed by atoms with Crippen LogP contribution in [-0.2, 0) is 16.1 Å². The van der Waals surface area contributed by atoms with Gasteiger partial charge in [0.25, 0.3) is 0 Å². The Labute approximate surface area is 137 Å². The number of amides is 1. The molecule has 1 aliphatic rings. The monoisotopic (exact) mass is 324 g/mol. The molecule has 1 aliphatic heterocycles. The van der Waals surface area contributed by atoms with Crippen molar-refractivity contribution in [2.45, 2.75) is 19.9 Å². The van der Waals surface area contributed by atoms with Gasteiger partial charge in [-0.3, -0.25) is 9.69 Å². The number of nitrogens with zero attached hydrogens (tertiary/aromatic N) is 2. The van der Waals surface area contributed by atoms with Crippen molar-refractivity contribution >= 4 is 5.91 Å². The van der Waals surface area contributed by atoms with Crippen LogP contribution in [0.15, 0.2) is 18.2 Å². The minimum atomic E-state index is -0.341. The second-order valence-electron chi connectivity index (χ2n) is 5.68. The molecule has 1 saturated heterocycles. The molecule has 23 heavy (non-hydrogen) atoms. The first-order valence-electron chi connectivity index (χ1n) is 8.04. The van der Waals surface area contributed by atoms with Crippen LogP contribution < -0.4 is 4.74 Å². The Bertz CT molecular complexity index is 517. The van der Waals surface area contributed by atoms with Crippen molar-refractivity contribution in [1.29, 1.82) is 0 Å². The summed E-state index contributed by atoms with van der Waals surface area (Å²) < 4.78 is 23.9. The highest BCUT2D eigenvalue weighted by molar-refractivity contribution is 5.77. The number of ether oxygens (including phenoxy) is 2. The molecule has 128 valence electrons. The molecule has 1 aromatic carbocycles. The Morgan fingerprint density at radius 2 is 2.00 bits per heavy atom. The van der Waals surface area contributed by atoms with Gasteiger partial charge in [-0.05, 0) is 24.1 Å². The third kappa shape index (κ3) is 5.18. The van der Waals surface area contributed by atoms with Gasteiger partial charge in [0.2, 0.25) is 5.91 Å². The lowest BCUT2D eigenvalue weighted by Gasteiger charge is -2.34. The quantitative estimate of drug-likeness (QED) is 0.719. The van der Waals surface area contributed by atoms with E-state index in [2.05, 4.69) is 4.90 Å². The first-order chi connectivity index (χ1) is 11.1. The number of methoxy groups -OCH3 is 1. The first-order valence-corrected chi connectivity index (χ1v) is 8.04. The van der Waals surface area contributed by atoms with E-state index in [-0.39, 0.29) is 24.1 Å². The summed E-state index contributed by atoms with van der Waals surface area (Å²) in [5.41, 5.74) is 0.911. The zero-order valence-corrected chi connectivity index (χ0v) is 13.9. The van der Waals surface area contributed by atoms with Gasteiger partial charge in [-0.25, -0.2) is 4.39 Å². The number of benzene rings is 1. The van der Waals surface area contributed by atoms with Gasteiger partial charge in [0.05, 0.1) is 7.11 Å². The number of hydrogen-bond acceptors (Lipinski definition) is 4. The minimum Gasteiger partial charge on any atom is -0.494 e. The summed E-state index contributed by atoms with van der Waals surface area (Å²) in [6.07, 6.45) is 0.916. The summed E-state index contributed by atoms with van der Waals surface area (Å²) in [6.45, 7) is 6.42. The third-order valence-electron chi connectivity index (χ3n) is 3.92. The van der Waals surface area contributed by atoms with Crippen LogP contribution in [0.3, 0.4) is 0 Å². The van der Waals surface area contributed by atoms with Gasteiger partial charge in [0, 0.05) is 39.3 Å². The lowest BCUT2D eigenvalue weighted by atomic mass is 10.2. The Morgan fingerprint density at radius 1 is 1.26 bits per heavy atom. The molecule has 0 N–H and O–H groups in total. The van der Waals surface area contributed by atoms with Gasteiger partial charge in [-0.15, -0.1) is 0 Å². The predicted molar refractivity (Wildman–Crippen MR) is 85.9 cm³/mol. The summed E-state index contributed by atoms with van der Waals surface area (Å²) in [5.74, 6) is -0.0308. The van der Waals surface area contributed by atoms with E-state index in [0.29, 0.717) is 26.2 Å². The van der Waals surface area contributed by atoms with E-state index in [0.717, 1.165) is 25.1 Å². The second kappa shape index (κ2) is 8.84. The maximum atomic E-state index is 13.7. The molecule has 1 aromatic rings. The molecule has 1 heterocycles. The predicted octanol–water partition coefficient (Wildman–Crippen LogP) is 1.91. The fourth-order valence-electron chi connectivity index (χ4n) is 2.62. The lowest BCUT2D eigenvalue weighted by molar-refractivity contribution is -0.137. The van der Waals surface area contributed by atoms with Crippen molar-refractivity contribution in [3.63, 3.8) is 0 Å². The zero-order chi connectivity index (χ0) is 16.7. The topological polar surface area (TPSA) is 42.0 Å². The van der Waals surface area contributed by atoms with E-state index in [1.807, 2.05) is 17.9 Å². The summed E-state index contributed by atoms with van der Waals surface area (Å²) >= 11 is 0. The second-order valence-corrected chi connectivity index (χ2v) is 5.68. The van der Waals surface area contributed by atoms with Gasteiger partial charge in [0.1, 0.15) is 6.61 Å². The number of carbonyl (C=O) groups excluding carboxylic acids is 1. The van der Waals surface area contributed by atoms with Crippen LogP contribution in [-0.4, -0.2) is 62.2 Å². The average Bonchev–Trinajstić information content (AvgIpc) is 2.56. The van der Waals surface area contributed by atoms with Gasteiger partial charge in [-0.2, -0.15) is 0 Å². The Kier molecular flexibility index (Phi) is 6.80. The number of rotatable bonds is 7. The van der Waals surface area contributed by atoms with Gasteiger partial charge >= 0.3 is 0 Å². The first kappa shape index (κ1) is 17.7. The Morgan fingerprint density at radius 3 is 2.61 bits per heavy atom. The van der Waals surface area contributed by atoms with E-state index in [9.17, 15) is 9.18 Å². The van der Waals surface area contributed by atoms with Gasteiger partial charge in [-0.1, -0.05) is 13.0 Å². The van der Waals surface area contributed by atoms with Crippen molar-refractivity contribution in [2.24, 2.45) is 0 Å². The molecule has 6 heteroatoms. The summed E-state index contributed by atoms with van der Waals surface area (Å²) in [7, 11) is 1.46. The van der Waals surface area contributed by atoms with Crippen molar-refractivity contribution in [1.82, 2.24) is 9.80 Å². The molecule has 1 amide bonds. The number of hydrogen-bond donors (Lipinski definition) is 0. The van der Waals surface area contributed by atoms with Crippen LogP contribution in [0.1, 0.15) is 18.9 Å². The largest absolute Gasteiger partial charge is 0.494 e. The third-order valence-corrected chi connectivity index (χ3v) is 3.92. The molecule has 0 bridgehead atoms. The Hall–Kier alpha value is -1.66. The molecular weight excluding hydrogens is 299 g/mol. The van der Waals surface area contributed by atoms with Crippen LogP contribution in [0.4, 0.5) is 4.39 Å². The number of carbonyl (C=O) groups is 1. The fourth-order valence-corrected chi connectivity index (χ4v) is 2.62. The van der Waals surface area contributed by atoms with Crippen LogP contribution in [0.2, 0.25) is 0 Å². The highest BCUT2D eigenvalue weighted by atomic mass is 19.1. The van der Waals surface area contributed by atoms with Crippen molar-refractivity contribution in [3.8, 4) is 5.75 Å². The van der Waals surface area contributed by atoms with Gasteiger partial charge < -0.3 is 14.4 Å². The number of halogens is 1. The molecule has 1 fully saturated rings. The van der Waals surface area contributed by atoms with E-state index in [1.165, 1.54) is 13.2 Å². The minimum absolute atomic E-state index is 0.0496. The normalized spacial score (nSPS) is 15.7. The molecule has 0 saturated carbocycles. The molecule has 0 aromatic heterocycles. The van der Waals surface area contributed by atoms with E-state index in [4.69, 9.17) is 9.47 Å². The maximum Gasteiger partial charge on any atom is 0.248 e.